The topological polar surface area (TPSA) is 44.8 Å². The van der Waals surface area contributed by atoms with Crippen LogP contribution in [0.4, 0.5) is 0 Å². The Morgan fingerprint density at radius 1 is 1.16 bits per heavy atom. The largest absolute Gasteiger partial charge is 0.465 e. The van der Waals surface area contributed by atoms with Crippen molar-refractivity contribution < 1.29 is 9.53 Å². The summed E-state index contributed by atoms with van der Waals surface area (Å²) in [6.45, 7) is 10.7. The van der Waals surface area contributed by atoms with Crippen molar-refractivity contribution in [2.45, 2.75) is 19.8 Å². The summed E-state index contributed by atoms with van der Waals surface area (Å²) in [6, 6.07) is 0. The Morgan fingerprint density at radius 3 is 2.47 bits per heavy atom. The van der Waals surface area contributed by atoms with Crippen LogP contribution in [-0.2, 0) is 9.53 Å². The first-order chi connectivity index (χ1) is 9.28. The second-order valence-electron chi connectivity index (χ2n) is 5.58. The molecule has 0 spiro atoms. The average Bonchev–Trinajstić information content (AvgIpc) is 2.42. The van der Waals surface area contributed by atoms with E-state index in [2.05, 4.69) is 15.1 Å². The Hall–Kier alpha value is -0.650. The van der Waals surface area contributed by atoms with Gasteiger partial charge in [-0.25, -0.2) is 0 Å². The van der Waals surface area contributed by atoms with Gasteiger partial charge in [0.2, 0.25) is 0 Å². The number of piperazine rings is 1. The van der Waals surface area contributed by atoms with Crippen LogP contribution < -0.4 is 5.32 Å². The molecule has 110 valence electrons. The fourth-order valence-corrected chi connectivity index (χ4v) is 2.98. The molecule has 2 heterocycles. The first-order valence-electron chi connectivity index (χ1n) is 7.59. The fourth-order valence-electron chi connectivity index (χ4n) is 2.98. The summed E-state index contributed by atoms with van der Waals surface area (Å²) in [4.78, 5) is 16.2. The van der Waals surface area contributed by atoms with Crippen LogP contribution in [0.1, 0.15) is 19.8 Å². The van der Waals surface area contributed by atoms with E-state index in [0.717, 1.165) is 32.1 Å². The number of rotatable bonds is 5. The van der Waals surface area contributed by atoms with Crippen molar-refractivity contribution in [3.63, 3.8) is 0 Å². The highest BCUT2D eigenvalue weighted by Crippen LogP contribution is 2.18. The Morgan fingerprint density at radius 2 is 1.84 bits per heavy atom. The van der Waals surface area contributed by atoms with Gasteiger partial charge in [-0.3, -0.25) is 9.69 Å². The third-order valence-corrected chi connectivity index (χ3v) is 4.09. The van der Waals surface area contributed by atoms with Gasteiger partial charge in [0.25, 0.3) is 0 Å². The van der Waals surface area contributed by atoms with Crippen LogP contribution in [0.15, 0.2) is 0 Å². The maximum atomic E-state index is 11.4. The van der Waals surface area contributed by atoms with Crippen molar-refractivity contribution in [1.29, 1.82) is 0 Å². The molecule has 5 heteroatoms. The Balaban J connectivity index is 1.63. The Kier molecular flexibility index (Phi) is 6.07. The minimum absolute atomic E-state index is 0.0805. The number of ether oxygens (including phenoxy) is 1. The summed E-state index contributed by atoms with van der Waals surface area (Å²) in [6.07, 6.45) is 2.42. The Labute approximate surface area is 116 Å². The van der Waals surface area contributed by atoms with Gasteiger partial charge >= 0.3 is 5.97 Å². The first kappa shape index (κ1) is 14.8. The van der Waals surface area contributed by atoms with Crippen molar-refractivity contribution in [2.75, 3.05) is 59.0 Å². The number of carbonyl (C=O) groups excluding carboxylic acids is 1. The molecule has 19 heavy (non-hydrogen) atoms. The van der Waals surface area contributed by atoms with Crippen LogP contribution in [-0.4, -0.2) is 74.7 Å². The van der Waals surface area contributed by atoms with E-state index in [1.54, 1.807) is 0 Å². The maximum absolute atomic E-state index is 11.4. The molecule has 2 fully saturated rings. The van der Waals surface area contributed by atoms with Crippen LogP contribution in [0, 0.1) is 5.92 Å². The minimum atomic E-state index is -0.0805. The van der Waals surface area contributed by atoms with Gasteiger partial charge in [-0.1, -0.05) is 0 Å². The summed E-state index contributed by atoms with van der Waals surface area (Å²) >= 11 is 0. The molecular formula is C14H27N3O2. The molecule has 2 aliphatic rings. The van der Waals surface area contributed by atoms with Crippen LogP contribution >= 0.6 is 0 Å². The van der Waals surface area contributed by atoms with Gasteiger partial charge in [0.05, 0.1) is 13.2 Å². The van der Waals surface area contributed by atoms with Crippen LogP contribution in [0.2, 0.25) is 0 Å². The lowest BCUT2D eigenvalue weighted by Crippen LogP contribution is -2.47. The number of esters is 1. The standard InChI is InChI=1S/C14H27N3O2/c1-2-19-14(18)12-16-7-3-13(4-8-16)11-17-9-5-15-6-10-17/h13,15H,2-12H2,1H3. The third kappa shape index (κ3) is 5.09. The number of nitrogens with zero attached hydrogens (tertiary/aromatic N) is 2. The number of carbonyl (C=O) groups is 1. The van der Waals surface area contributed by atoms with E-state index in [4.69, 9.17) is 4.74 Å². The molecule has 0 saturated carbocycles. The number of hydrogen-bond donors (Lipinski definition) is 1. The summed E-state index contributed by atoms with van der Waals surface area (Å²) < 4.78 is 5.00. The number of likely N-dealkylation sites (tertiary alicyclic amines) is 1. The molecule has 0 atom stereocenters. The van der Waals surface area contributed by atoms with Gasteiger partial charge in [-0.2, -0.15) is 0 Å². The quantitative estimate of drug-likeness (QED) is 0.721. The molecule has 0 aliphatic carbocycles. The van der Waals surface area contributed by atoms with E-state index >= 15 is 0 Å². The monoisotopic (exact) mass is 269 g/mol. The molecule has 1 N–H and O–H groups in total. The van der Waals surface area contributed by atoms with E-state index in [0.29, 0.717) is 13.2 Å². The van der Waals surface area contributed by atoms with Crippen molar-refractivity contribution >= 4 is 5.97 Å². The van der Waals surface area contributed by atoms with Crippen LogP contribution in [0.5, 0.6) is 0 Å². The lowest BCUT2D eigenvalue weighted by Gasteiger charge is -2.35. The normalized spacial score (nSPS) is 23.4. The predicted octanol–water partition coefficient (Wildman–Crippen LogP) is 0.167. The summed E-state index contributed by atoms with van der Waals surface area (Å²) in [5.41, 5.74) is 0. The number of hydrogen-bond acceptors (Lipinski definition) is 5. The van der Waals surface area contributed by atoms with E-state index in [1.165, 1.54) is 32.5 Å². The predicted molar refractivity (Wildman–Crippen MR) is 75.1 cm³/mol. The molecule has 0 radical (unpaired) electrons. The van der Waals surface area contributed by atoms with Crippen molar-refractivity contribution in [3.05, 3.63) is 0 Å². The van der Waals surface area contributed by atoms with Crippen molar-refractivity contribution in [3.8, 4) is 0 Å². The molecule has 0 aromatic heterocycles. The molecular weight excluding hydrogens is 242 g/mol. The van der Waals surface area contributed by atoms with Gasteiger partial charge < -0.3 is 15.0 Å². The van der Waals surface area contributed by atoms with E-state index < -0.39 is 0 Å². The zero-order valence-electron chi connectivity index (χ0n) is 12.1. The molecule has 2 saturated heterocycles. The summed E-state index contributed by atoms with van der Waals surface area (Å²) in [5, 5.41) is 3.39. The number of piperidine rings is 1. The third-order valence-electron chi connectivity index (χ3n) is 4.09. The molecule has 0 aromatic carbocycles. The van der Waals surface area contributed by atoms with Gasteiger partial charge in [-0.05, 0) is 38.8 Å². The average molecular weight is 269 g/mol. The molecule has 0 amide bonds. The highest BCUT2D eigenvalue weighted by molar-refractivity contribution is 5.71. The van der Waals surface area contributed by atoms with Gasteiger partial charge in [-0.15, -0.1) is 0 Å². The van der Waals surface area contributed by atoms with Crippen LogP contribution in [0.3, 0.4) is 0 Å². The van der Waals surface area contributed by atoms with Crippen LogP contribution in [0.25, 0.3) is 0 Å². The highest BCUT2D eigenvalue weighted by atomic mass is 16.5. The lowest BCUT2D eigenvalue weighted by atomic mass is 9.96. The first-order valence-corrected chi connectivity index (χ1v) is 7.59. The molecule has 0 bridgehead atoms. The van der Waals surface area contributed by atoms with Gasteiger partial charge in [0.1, 0.15) is 0 Å². The molecule has 2 aliphatic heterocycles. The zero-order chi connectivity index (χ0) is 13.5. The van der Waals surface area contributed by atoms with E-state index in [9.17, 15) is 4.79 Å². The Bertz CT molecular complexity index is 272. The second-order valence-corrected chi connectivity index (χ2v) is 5.58. The highest BCUT2D eigenvalue weighted by Gasteiger charge is 2.23. The van der Waals surface area contributed by atoms with E-state index in [-0.39, 0.29) is 5.97 Å². The van der Waals surface area contributed by atoms with Gasteiger partial charge in [0, 0.05) is 32.7 Å². The lowest BCUT2D eigenvalue weighted by molar-refractivity contribution is -0.144. The second kappa shape index (κ2) is 7.82. The van der Waals surface area contributed by atoms with Gasteiger partial charge in [0.15, 0.2) is 0 Å². The molecule has 5 nitrogen and oxygen atoms in total. The van der Waals surface area contributed by atoms with Crippen molar-refractivity contribution in [1.82, 2.24) is 15.1 Å². The molecule has 2 rings (SSSR count). The smallest absolute Gasteiger partial charge is 0.320 e. The minimum Gasteiger partial charge on any atom is -0.465 e. The maximum Gasteiger partial charge on any atom is 0.320 e. The fraction of sp³-hybridized carbons (Fsp3) is 0.929. The molecule has 0 aromatic rings. The van der Waals surface area contributed by atoms with E-state index in [1.807, 2.05) is 6.92 Å². The SMILES string of the molecule is CCOC(=O)CN1CCC(CN2CCNCC2)CC1. The molecule has 0 unspecified atom stereocenters. The summed E-state index contributed by atoms with van der Waals surface area (Å²) in [7, 11) is 0. The number of nitrogens with one attached hydrogen (secondary N) is 1. The summed E-state index contributed by atoms with van der Waals surface area (Å²) in [5.74, 6) is 0.722. The zero-order valence-corrected chi connectivity index (χ0v) is 12.1. The van der Waals surface area contributed by atoms with Crippen molar-refractivity contribution in [2.24, 2.45) is 5.92 Å².